The minimum absolute atomic E-state index is 0.117. The molecule has 2 rings (SSSR count). The average Bonchev–Trinajstić information content (AvgIpc) is 2.77. The molecule has 4 nitrogen and oxygen atoms in total. The molecule has 1 unspecified atom stereocenters. The molecular formula is C14H19ClN2O2. The number of carboxylic acids is 1. The maximum atomic E-state index is 11.1. The molecule has 0 saturated carbocycles. The van der Waals surface area contributed by atoms with Crippen LogP contribution in [0.5, 0.6) is 0 Å². The second kappa shape index (κ2) is 5.00. The molecule has 19 heavy (non-hydrogen) atoms. The Morgan fingerprint density at radius 3 is 2.74 bits per heavy atom. The summed E-state index contributed by atoms with van der Waals surface area (Å²) in [6.45, 7) is 8.43. The van der Waals surface area contributed by atoms with Gasteiger partial charge in [-0.25, -0.2) is 9.78 Å². The lowest BCUT2D eigenvalue weighted by atomic mass is 9.80. The van der Waals surface area contributed by atoms with Crippen molar-refractivity contribution >= 4 is 23.4 Å². The Balaban J connectivity index is 2.25. The van der Waals surface area contributed by atoms with Gasteiger partial charge in [-0.3, -0.25) is 0 Å². The first-order valence-electron chi connectivity index (χ1n) is 6.43. The van der Waals surface area contributed by atoms with Gasteiger partial charge in [-0.05, 0) is 23.8 Å². The first-order chi connectivity index (χ1) is 8.80. The molecule has 104 valence electrons. The van der Waals surface area contributed by atoms with E-state index in [4.69, 9.17) is 16.7 Å². The van der Waals surface area contributed by atoms with Gasteiger partial charge in [-0.1, -0.05) is 32.4 Å². The predicted molar refractivity (Wildman–Crippen MR) is 76.0 cm³/mol. The van der Waals surface area contributed by atoms with Gasteiger partial charge in [0.15, 0.2) is 0 Å². The van der Waals surface area contributed by atoms with Crippen molar-refractivity contribution in [3.8, 4) is 0 Å². The zero-order chi connectivity index (χ0) is 14.2. The van der Waals surface area contributed by atoms with Gasteiger partial charge in [0.2, 0.25) is 0 Å². The van der Waals surface area contributed by atoms with Gasteiger partial charge in [0.25, 0.3) is 0 Å². The first kappa shape index (κ1) is 14.1. The summed E-state index contributed by atoms with van der Waals surface area (Å²) in [6.07, 6.45) is 2.59. The lowest BCUT2D eigenvalue weighted by molar-refractivity contribution is 0.0697. The quantitative estimate of drug-likeness (QED) is 0.904. The summed E-state index contributed by atoms with van der Waals surface area (Å²) in [4.78, 5) is 17.4. The summed E-state index contributed by atoms with van der Waals surface area (Å²) in [6, 6.07) is 1.44. The number of aromatic nitrogens is 1. The van der Waals surface area contributed by atoms with Crippen LogP contribution in [0, 0.1) is 11.3 Å². The van der Waals surface area contributed by atoms with Gasteiger partial charge in [0.05, 0.1) is 10.6 Å². The molecule has 1 saturated heterocycles. The molecule has 0 amide bonds. The fraction of sp³-hybridized carbons (Fsp3) is 0.571. The second-order valence-corrected chi connectivity index (χ2v) is 6.48. The zero-order valence-corrected chi connectivity index (χ0v) is 12.2. The van der Waals surface area contributed by atoms with Gasteiger partial charge in [-0.15, -0.1) is 0 Å². The fourth-order valence-electron chi connectivity index (χ4n) is 2.48. The van der Waals surface area contributed by atoms with E-state index in [1.165, 1.54) is 12.3 Å². The molecule has 1 fully saturated rings. The van der Waals surface area contributed by atoms with E-state index in [1.54, 1.807) is 0 Å². The maximum absolute atomic E-state index is 11.1. The molecular weight excluding hydrogens is 264 g/mol. The van der Waals surface area contributed by atoms with Crippen molar-refractivity contribution in [1.82, 2.24) is 4.98 Å². The predicted octanol–water partition coefficient (Wildman–Crippen LogP) is 3.31. The largest absolute Gasteiger partial charge is 0.478 e. The molecule has 2 heterocycles. The van der Waals surface area contributed by atoms with E-state index in [2.05, 4.69) is 30.7 Å². The fourth-order valence-corrected chi connectivity index (χ4v) is 2.79. The summed E-state index contributed by atoms with van der Waals surface area (Å²) in [5, 5.41) is 9.32. The number of carboxylic acid groups (broad SMARTS) is 1. The van der Waals surface area contributed by atoms with Crippen molar-refractivity contribution in [1.29, 1.82) is 0 Å². The van der Waals surface area contributed by atoms with Crippen molar-refractivity contribution < 1.29 is 9.90 Å². The number of pyridine rings is 1. The molecule has 1 aliphatic heterocycles. The van der Waals surface area contributed by atoms with Crippen LogP contribution < -0.4 is 4.90 Å². The first-order valence-corrected chi connectivity index (χ1v) is 6.81. The van der Waals surface area contributed by atoms with Crippen molar-refractivity contribution in [2.45, 2.75) is 27.2 Å². The zero-order valence-electron chi connectivity index (χ0n) is 11.5. The summed E-state index contributed by atoms with van der Waals surface area (Å²) >= 11 is 6.16. The van der Waals surface area contributed by atoms with Gasteiger partial charge < -0.3 is 10.0 Å². The van der Waals surface area contributed by atoms with Gasteiger partial charge in [0.1, 0.15) is 5.82 Å². The van der Waals surface area contributed by atoms with Crippen LogP contribution in [0.3, 0.4) is 0 Å². The Hall–Kier alpha value is -1.29. The Labute approximate surface area is 118 Å². The van der Waals surface area contributed by atoms with Crippen LogP contribution in [0.1, 0.15) is 37.6 Å². The van der Waals surface area contributed by atoms with Crippen LogP contribution in [-0.4, -0.2) is 29.1 Å². The number of anilines is 1. The van der Waals surface area contributed by atoms with E-state index >= 15 is 0 Å². The SMILES string of the molecule is CC(C)(C)C1CCN(c2nccc(C(=O)O)c2Cl)C1. The average molecular weight is 283 g/mol. The standard InChI is InChI=1S/C14H19ClN2O2/c1-14(2,3)9-5-7-17(8-9)12-11(15)10(13(18)19)4-6-16-12/h4,6,9H,5,7-8H2,1-3H3,(H,18,19). The molecule has 1 N–H and O–H groups in total. The van der Waals surface area contributed by atoms with Crippen molar-refractivity contribution in [3.05, 3.63) is 22.8 Å². The molecule has 1 atom stereocenters. The monoisotopic (exact) mass is 282 g/mol. The highest BCUT2D eigenvalue weighted by atomic mass is 35.5. The molecule has 0 radical (unpaired) electrons. The molecule has 0 aliphatic carbocycles. The highest BCUT2D eigenvalue weighted by Gasteiger charge is 2.33. The van der Waals surface area contributed by atoms with Crippen LogP contribution in [0.15, 0.2) is 12.3 Å². The number of halogens is 1. The molecule has 0 aromatic carbocycles. The van der Waals surface area contributed by atoms with E-state index in [1.807, 2.05) is 0 Å². The summed E-state index contributed by atoms with van der Waals surface area (Å²) in [5.74, 6) is 0.146. The van der Waals surface area contributed by atoms with E-state index < -0.39 is 5.97 Å². The lowest BCUT2D eigenvalue weighted by Gasteiger charge is -2.27. The molecule has 1 aromatic rings. The van der Waals surface area contributed by atoms with E-state index in [0.717, 1.165) is 19.5 Å². The van der Waals surface area contributed by atoms with E-state index in [9.17, 15) is 4.79 Å². The van der Waals surface area contributed by atoms with Crippen molar-refractivity contribution in [2.24, 2.45) is 11.3 Å². The molecule has 1 aliphatic rings. The van der Waals surface area contributed by atoms with Crippen LogP contribution in [-0.2, 0) is 0 Å². The van der Waals surface area contributed by atoms with Crippen LogP contribution in [0.25, 0.3) is 0 Å². The lowest BCUT2D eigenvalue weighted by Crippen LogP contribution is -2.26. The number of hydrogen-bond acceptors (Lipinski definition) is 3. The number of nitrogens with zero attached hydrogens (tertiary/aromatic N) is 2. The van der Waals surface area contributed by atoms with Gasteiger partial charge in [-0.2, -0.15) is 0 Å². The number of carbonyl (C=O) groups is 1. The molecule has 0 spiro atoms. The van der Waals surface area contributed by atoms with Gasteiger partial charge in [0, 0.05) is 19.3 Å². The number of aromatic carboxylic acids is 1. The maximum Gasteiger partial charge on any atom is 0.337 e. The topological polar surface area (TPSA) is 53.4 Å². The minimum Gasteiger partial charge on any atom is -0.478 e. The summed E-state index contributed by atoms with van der Waals surface area (Å²) < 4.78 is 0. The van der Waals surface area contributed by atoms with Crippen molar-refractivity contribution in [3.63, 3.8) is 0 Å². The van der Waals surface area contributed by atoms with Gasteiger partial charge >= 0.3 is 5.97 Å². The minimum atomic E-state index is -1.01. The van der Waals surface area contributed by atoms with Crippen molar-refractivity contribution in [2.75, 3.05) is 18.0 Å². The van der Waals surface area contributed by atoms with E-state index in [0.29, 0.717) is 11.7 Å². The molecule has 5 heteroatoms. The van der Waals surface area contributed by atoms with Crippen LogP contribution in [0.2, 0.25) is 5.02 Å². The number of rotatable bonds is 2. The van der Waals surface area contributed by atoms with Crippen LogP contribution in [0.4, 0.5) is 5.82 Å². The number of hydrogen-bond donors (Lipinski definition) is 1. The Bertz CT molecular complexity index is 497. The Kier molecular flexibility index (Phi) is 3.72. The van der Waals surface area contributed by atoms with Crippen LogP contribution >= 0.6 is 11.6 Å². The second-order valence-electron chi connectivity index (χ2n) is 6.10. The molecule has 1 aromatic heterocycles. The normalized spacial score (nSPS) is 19.8. The molecule has 0 bridgehead atoms. The Morgan fingerprint density at radius 2 is 2.21 bits per heavy atom. The third-order valence-corrected chi connectivity index (χ3v) is 4.19. The summed E-state index contributed by atoms with van der Waals surface area (Å²) in [7, 11) is 0. The highest BCUT2D eigenvalue weighted by molar-refractivity contribution is 6.35. The third kappa shape index (κ3) is 2.84. The summed E-state index contributed by atoms with van der Waals surface area (Å²) in [5.41, 5.74) is 0.358. The third-order valence-electron chi connectivity index (χ3n) is 3.81. The van der Waals surface area contributed by atoms with E-state index in [-0.39, 0.29) is 16.0 Å². The highest BCUT2D eigenvalue weighted by Crippen LogP contribution is 2.37. The smallest absolute Gasteiger partial charge is 0.337 e. The Morgan fingerprint density at radius 1 is 1.53 bits per heavy atom.